The average molecular weight is 382 g/mol. The van der Waals surface area contributed by atoms with Crippen molar-refractivity contribution >= 4 is 23.7 Å². The van der Waals surface area contributed by atoms with Crippen LogP contribution in [0.3, 0.4) is 0 Å². The van der Waals surface area contributed by atoms with Gasteiger partial charge in [0.1, 0.15) is 6.04 Å². The lowest BCUT2D eigenvalue weighted by Crippen LogP contribution is -2.55. The number of rotatable bonds is 3. The van der Waals surface area contributed by atoms with Crippen LogP contribution in [0.25, 0.3) is 0 Å². The summed E-state index contributed by atoms with van der Waals surface area (Å²) in [7, 11) is 0. The Balaban J connectivity index is 1.44. The van der Waals surface area contributed by atoms with E-state index in [1.54, 1.807) is 21.7 Å². The Bertz CT molecular complexity index is 557. The maximum Gasteiger partial charge on any atom is 0.320 e. The molecular weight excluding hydrogens is 356 g/mol. The third-order valence-corrected chi connectivity index (χ3v) is 6.17. The van der Waals surface area contributed by atoms with Crippen LogP contribution in [0.1, 0.15) is 12.8 Å². The number of carbonyl (C=O) groups excluding carboxylic acids is 2. The maximum atomic E-state index is 12.5. The van der Waals surface area contributed by atoms with Crippen LogP contribution < -0.4 is 5.84 Å². The molecule has 3 aliphatic rings. The first kappa shape index (κ1) is 19.2. The normalized spacial score (nSPS) is 24.8. The first-order chi connectivity index (χ1) is 12.6. The molecule has 3 amide bonds. The van der Waals surface area contributed by atoms with E-state index in [0.29, 0.717) is 51.0 Å². The van der Waals surface area contributed by atoms with Gasteiger partial charge < -0.3 is 19.4 Å². The minimum Gasteiger partial charge on any atom is -0.378 e. The van der Waals surface area contributed by atoms with Crippen LogP contribution in [-0.2, 0) is 9.53 Å². The first-order valence-electron chi connectivity index (χ1n) is 9.00. The molecule has 0 aliphatic carbocycles. The van der Waals surface area contributed by atoms with Crippen molar-refractivity contribution in [3.63, 3.8) is 0 Å². The number of nitrogens with zero attached hydrogens (tertiary/aromatic N) is 5. The Hall–Kier alpha value is -1.54. The molecule has 0 aromatic rings. The van der Waals surface area contributed by atoms with Crippen LogP contribution in [0.5, 0.6) is 0 Å². The van der Waals surface area contributed by atoms with Crippen molar-refractivity contribution in [1.82, 2.24) is 19.7 Å². The van der Waals surface area contributed by atoms with Crippen LogP contribution in [0, 0.1) is 11.3 Å². The van der Waals surface area contributed by atoms with Gasteiger partial charge in [0, 0.05) is 38.0 Å². The number of ether oxygens (including phenoxy) is 1. The highest BCUT2D eigenvalue weighted by molar-refractivity contribution is 7.99. The van der Waals surface area contributed by atoms with E-state index < -0.39 is 0 Å². The second-order valence-electron chi connectivity index (χ2n) is 6.78. The molecule has 144 valence electrons. The molecule has 3 fully saturated rings. The van der Waals surface area contributed by atoms with E-state index in [4.69, 9.17) is 15.8 Å². The zero-order chi connectivity index (χ0) is 18.5. The van der Waals surface area contributed by atoms with E-state index in [1.165, 1.54) is 0 Å². The molecule has 26 heavy (non-hydrogen) atoms. The fourth-order valence-electron chi connectivity index (χ4n) is 3.51. The number of hydrazine groups is 1. The molecule has 0 saturated carbocycles. The Morgan fingerprint density at radius 1 is 1.19 bits per heavy atom. The summed E-state index contributed by atoms with van der Waals surface area (Å²) < 4.78 is 5.29. The minimum absolute atomic E-state index is 0.0670. The monoisotopic (exact) mass is 382 g/mol. The summed E-state index contributed by atoms with van der Waals surface area (Å²) in [5.74, 6) is 7.25. The molecular formula is C16H26N6O3S. The van der Waals surface area contributed by atoms with Crippen molar-refractivity contribution in [2.75, 3.05) is 57.6 Å². The zero-order valence-electron chi connectivity index (χ0n) is 14.9. The highest BCUT2D eigenvalue weighted by Gasteiger charge is 2.33. The molecule has 0 bridgehead atoms. The molecule has 0 radical (unpaired) electrons. The lowest BCUT2D eigenvalue weighted by Gasteiger charge is -2.39. The number of carbonyl (C=O) groups is 2. The molecule has 2 N–H and O–H groups in total. The number of hydrogen-bond donors (Lipinski definition) is 1. The SMILES string of the molecule is N#C[C@@H]1CSCN1C(=O)CN(N)C1CCN(C(=O)N2CCOCC2)CC1. The average Bonchev–Trinajstić information content (AvgIpc) is 3.17. The van der Waals surface area contributed by atoms with Gasteiger partial charge in [0.05, 0.1) is 31.7 Å². The fourth-order valence-corrected chi connectivity index (χ4v) is 4.62. The van der Waals surface area contributed by atoms with Gasteiger partial charge in [-0.15, -0.1) is 11.8 Å². The summed E-state index contributed by atoms with van der Waals surface area (Å²) >= 11 is 1.59. The van der Waals surface area contributed by atoms with Crippen LogP contribution in [0.4, 0.5) is 4.79 Å². The van der Waals surface area contributed by atoms with Crippen molar-refractivity contribution in [3.05, 3.63) is 0 Å². The largest absolute Gasteiger partial charge is 0.378 e. The van der Waals surface area contributed by atoms with Gasteiger partial charge >= 0.3 is 6.03 Å². The summed E-state index contributed by atoms with van der Waals surface area (Å²) in [5, 5.41) is 10.7. The third-order valence-electron chi connectivity index (χ3n) is 5.16. The molecule has 0 unspecified atom stereocenters. The number of amides is 3. The fraction of sp³-hybridized carbons (Fsp3) is 0.812. The van der Waals surface area contributed by atoms with Crippen molar-refractivity contribution in [2.45, 2.75) is 24.9 Å². The van der Waals surface area contributed by atoms with Gasteiger partial charge in [-0.3, -0.25) is 10.6 Å². The smallest absolute Gasteiger partial charge is 0.320 e. The Kier molecular flexibility index (Phi) is 6.58. The standard InChI is InChI=1S/C16H26N6O3S/c17-9-14-11-26-12-21(14)15(23)10-22(18)13-1-3-19(4-2-13)16(24)20-5-7-25-8-6-20/h13-14H,1-8,10-12,18H2/t14-/m1/s1. The second-order valence-corrected chi connectivity index (χ2v) is 7.78. The number of morpholine rings is 1. The minimum atomic E-state index is -0.353. The number of likely N-dealkylation sites (tertiary alicyclic amines) is 1. The lowest BCUT2D eigenvalue weighted by molar-refractivity contribution is -0.132. The first-order valence-corrected chi connectivity index (χ1v) is 10.2. The number of urea groups is 1. The Morgan fingerprint density at radius 3 is 2.50 bits per heavy atom. The summed E-state index contributed by atoms with van der Waals surface area (Å²) in [6, 6.07) is 1.95. The van der Waals surface area contributed by atoms with Crippen molar-refractivity contribution in [3.8, 4) is 6.07 Å². The predicted octanol–water partition coefficient (Wildman–Crippen LogP) is -0.496. The van der Waals surface area contributed by atoms with Crippen molar-refractivity contribution in [2.24, 2.45) is 5.84 Å². The van der Waals surface area contributed by atoms with Crippen molar-refractivity contribution in [1.29, 1.82) is 5.26 Å². The van der Waals surface area contributed by atoms with E-state index >= 15 is 0 Å². The molecule has 9 nitrogen and oxygen atoms in total. The highest BCUT2D eigenvalue weighted by Crippen LogP contribution is 2.21. The molecule has 0 spiro atoms. The maximum absolute atomic E-state index is 12.5. The summed E-state index contributed by atoms with van der Waals surface area (Å²) in [6.45, 7) is 3.88. The molecule has 3 aliphatic heterocycles. The van der Waals surface area contributed by atoms with Gasteiger partial charge in [-0.05, 0) is 12.8 Å². The highest BCUT2D eigenvalue weighted by atomic mass is 32.2. The number of nitrogens with two attached hydrogens (primary N) is 1. The van der Waals surface area contributed by atoms with Crippen molar-refractivity contribution < 1.29 is 14.3 Å². The topological polar surface area (TPSA) is 106 Å². The van der Waals surface area contributed by atoms with E-state index in [0.717, 1.165) is 12.8 Å². The van der Waals surface area contributed by atoms with E-state index in [-0.39, 0.29) is 30.6 Å². The second kappa shape index (κ2) is 8.90. The third kappa shape index (κ3) is 4.40. The van der Waals surface area contributed by atoms with E-state index in [2.05, 4.69) is 6.07 Å². The summed E-state index contributed by atoms with van der Waals surface area (Å²) in [5.41, 5.74) is 0. The number of piperidine rings is 1. The van der Waals surface area contributed by atoms with Gasteiger partial charge in [0.2, 0.25) is 5.91 Å². The number of nitriles is 1. The Labute approximate surface area is 157 Å². The van der Waals surface area contributed by atoms with Gasteiger partial charge in [0.15, 0.2) is 0 Å². The number of hydrogen-bond acceptors (Lipinski definition) is 7. The van der Waals surface area contributed by atoms with Crippen LogP contribution in [0.2, 0.25) is 0 Å². The quantitative estimate of drug-likeness (QED) is 0.518. The van der Waals surface area contributed by atoms with Crippen LogP contribution in [-0.4, -0.2) is 101 Å². The van der Waals surface area contributed by atoms with Gasteiger partial charge in [0.25, 0.3) is 0 Å². The molecule has 3 rings (SSSR count). The molecule has 0 aromatic carbocycles. The van der Waals surface area contributed by atoms with Gasteiger partial charge in [-0.25, -0.2) is 9.80 Å². The molecule has 3 saturated heterocycles. The zero-order valence-corrected chi connectivity index (χ0v) is 15.7. The summed E-state index contributed by atoms with van der Waals surface area (Å²) in [4.78, 5) is 30.2. The van der Waals surface area contributed by atoms with Crippen LogP contribution in [0.15, 0.2) is 0 Å². The Morgan fingerprint density at radius 2 is 1.85 bits per heavy atom. The molecule has 3 heterocycles. The van der Waals surface area contributed by atoms with E-state index in [9.17, 15) is 9.59 Å². The van der Waals surface area contributed by atoms with Crippen LogP contribution >= 0.6 is 11.8 Å². The molecule has 0 aromatic heterocycles. The van der Waals surface area contributed by atoms with Gasteiger partial charge in [-0.1, -0.05) is 0 Å². The molecule has 1 atom stereocenters. The van der Waals surface area contributed by atoms with E-state index in [1.807, 2.05) is 9.80 Å². The van der Waals surface area contributed by atoms with Gasteiger partial charge in [-0.2, -0.15) is 5.26 Å². The number of thioether (sulfide) groups is 1. The molecule has 10 heteroatoms. The summed E-state index contributed by atoms with van der Waals surface area (Å²) in [6.07, 6.45) is 1.49. The predicted molar refractivity (Wildman–Crippen MR) is 96.8 cm³/mol. The lowest BCUT2D eigenvalue weighted by atomic mass is 10.0.